The second kappa shape index (κ2) is 7.41. The van der Waals surface area contributed by atoms with Crippen LogP contribution >= 0.6 is 23.2 Å². The second-order valence-corrected chi connectivity index (χ2v) is 5.70. The Bertz CT molecular complexity index is 835. The SMILES string of the molecule is O=C(Cl)COc1ccc(Cl)cc1C(=O)c1cc(F)cc(C(F)(F)F)c1. The normalized spacial score (nSPS) is 11.3. The smallest absolute Gasteiger partial charge is 0.416 e. The van der Waals surface area contributed by atoms with Gasteiger partial charge in [-0.25, -0.2) is 4.39 Å². The molecule has 0 N–H and O–H groups in total. The van der Waals surface area contributed by atoms with Gasteiger partial charge in [-0.05, 0) is 48.0 Å². The zero-order chi connectivity index (χ0) is 18.8. The summed E-state index contributed by atoms with van der Waals surface area (Å²) in [6.07, 6.45) is -4.82. The largest absolute Gasteiger partial charge is 0.484 e. The Balaban J connectivity index is 2.49. The number of hydrogen-bond acceptors (Lipinski definition) is 3. The van der Waals surface area contributed by atoms with Crippen molar-refractivity contribution in [1.29, 1.82) is 0 Å². The van der Waals surface area contributed by atoms with E-state index in [0.717, 1.165) is 6.07 Å². The van der Waals surface area contributed by atoms with E-state index in [1.807, 2.05) is 0 Å². The Labute approximate surface area is 149 Å². The third kappa shape index (κ3) is 4.93. The first-order valence-corrected chi connectivity index (χ1v) is 7.36. The van der Waals surface area contributed by atoms with E-state index in [2.05, 4.69) is 0 Å². The Morgan fingerprint density at radius 1 is 1.08 bits per heavy atom. The molecular formula is C16H8Cl2F4O3. The first-order valence-electron chi connectivity index (χ1n) is 6.61. The highest BCUT2D eigenvalue weighted by Gasteiger charge is 2.32. The van der Waals surface area contributed by atoms with Crippen molar-refractivity contribution < 1.29 is 31.9 Å². The molecule has 9 heteroatoms. The van der Waals surface area contributed by atoms with Gasteiger partial charge in [-0.15, -0.1) is 0 Å². The number of hydrogen-bond donors (Lipinski definition) is 0. The van der Waals surface area contributed by atoms with Gasteiger partial charge in [-0.1, -0.05) is 11.6 Å². The summed E-state index contributed by atoms with van der Waals surface area (Å²) in [5, 5.41) is -0.751. The maximum Gasteiger partial charge on any atom is 0.416 e. The Morgan fingerprint density at radius 2 is 1.76 bits per heavy atom. The monoisotopic (exact) mass is 394 g/mol. The molecule has 0 bridgehead atoms. The van der Waals surface area contributed by atoms with Gasteiger partial charge < -0.3 is 4.74 Å². The molecule has 0 saturated heterocycles. The lowest BCUT2D eigenvalue weighted by atomic mass is 10.00. The van der Waals surface area contributed by atoms with Crippen LogP contribution in [-0.2, 0) is 11.0 Å². The molecule has 0 amide bonds. The summed E-state index contributed by atoms with van der Waals surface area (Å²) in [4.78, 5) is 23.3. The number of ketones is 1. The van der Waals surface area contributed by atoms with Crippen molar-refractivity contribution in [2.24, 2.45) is 0 Å². The molecule has 25 heavy (non-hydrogen) atoms. The Hall–Kier alpha value is -2.12. The van der Waals surface area contributed by atoms with Crippen molar-refractivity contribution in [1.82, 2.24) is 0 Å². The van der Waals surface area contributed by atoms with Crippen LogP contribution < -0.4 is 4.74 Å². The zero-order valence-corrected chi connectivity index (χ0v) is 13.7. The molecule has 0 aliphatic carbocycles. The van der Waals surface area contributed by atoms with Gasteiger partial charge in [0, 0.05) is 10.6 Å². The van der Waals surface area contributed by atoms with Crippen LogP contribution in [0, 0.1) is 5.82 Å². The highest BCUT2D eigenvalue weighted by atomic mass is 35.5. The van der Waals surface area contributed by atoms with E-state index in [9.17, 15) is 27.2 Å². The minimum Gasteiger partial charge on any atom is -0.484 e. The van der Waals surface area contributed by atoms with Crippen molar-refractivity contribution in [3.05, 3.63) is 63.9 Å². The van der Waals surface area contributed by atoms with E-state index in [1.165, 1.54) is 12.1 Å². The molecule has 0 radical (unpaired) electrons. The van der Waals surface area contributed by atoms with Gasteiger partial charge in [0.1, 0.15) is 11.6 Å². The molecule has 132 valence electrons. The lowest BCUT2D eigenvalue weighted by Crippen LogP contribution is -2.12. The van der Waals surface area contributed by atoms with E-state index in [-0.39, 0.29) is 22.4 Å². The van der Waals surface area contributed by atoms with Crippen molar-refractivity contribution in [2.45, 2.75) is 6.18 Å². The Kier molecular flexibility index (Phi) is 5.69. The molecule has 2 rings (SSSR count). The van der Waals surface area contributed by atoms with E-state index >= 15 is 0 Å². The third-order valence-electron chi connectivity index (χ3n) is 3.01. The maximum atomic E-state index is 13.5. The van der Waals surface area contributed by atoms with Crippen LogP contribution in [0.1, 0.15) is 21.5 Å². The van der Waals surface area contributed by atoms with Gasteiger partial charge >= 0.3 is 6.18 Å². The van der Waals surface area contributed by atoms with Crippen LogP contribution in [0.3, 0.4) is 0 Å². The van der Waals surface area contributed by atoms with Gasteiger partial charge in [-0.2, -0.15) is 13.2 Å². The fourth-order valence-electron chi connectivity index (χ4n) is 1.98. The summed E-state index contributed by atoms with van der Waals surface area (Å²) in [6.45, 7) is -0.569. The minimum atomic E-state index is -4.82. The quantitative estimate of drug-likeness (QED) is 0.412. The fourth-order valence-corrected chi connectivity index (χ4v) is 2.21. The summed E-state index contributed by atoms with van der Waals surface area (Å²) in [5.41, 5.74) is -2.09. The van der Waals surface area contributed by atoms with Crippen molar-refractivity contribution >= 4 is 34.2 Å². The van der Waals surface area contributed by atoms with Crippen LogP contribution in [0.5, 0.6) is 5.75 Å². The number of carbonyl (C=O) groups excluding carboxylic acids is 2. The van der Waals surface area contributed by atoms with Crippen LogP contribution in [0.15, 0.2) is 36.4 Å². The molecule has 0 unspecified atom stereocenters. The first kappa shape index (κ1) is 19.2. The zero-order valence-electron chi connectivity index (χ0n) is 12.2. The number of ether oxygens (including phenoxy) is 1. The third-order valence-corrected chi connectivity index (χ3v) is 3.36. The molecular weight excluding hydrogens is 387 g/mol. The first-order chi connectivity index (χ1) is 11.6. The number of benzene rings is 2. The van der Waals surface area contributed by atoms with Crippen LogP contribution in [0.4, 0.5) is 17.6 Å². The van der Waals surface area contributed by atoms with Gasteiger partial charge in [0.05, 0.1) is 11.1 Å². The van der Waals surface area contributed by atoms with Gasteiger partial charge in [0.2, 0.25) is 0 Å². The number of carbonyl (C=O) groups is 2. The van der Waals surface area contributed by atoms with Crippen LogP contribution in [0.25, 0.3) is 0 Å². The molecule has 0 saturated carbocycles. The highest BCUT2D eigenvalue weighted by Crippen LogP contribution is 2.32. The minimum absolute atomic E-state index is 0.0975. The summed E-state index contributed by atoms with van der Waals surface area (Å²) < 4.78 is 56.9. The predicted molar refractivity (Wildman–Crippen MR) is 82.6 cm³/mol. The van der Waals surface area contributed by atoms with Crippen LogP contribution in [0.2, 0.25) is 5.02 Å². The summed E-state index contributed by atoms with van der Waals surface area (Å²) in [6, 6.07) is 5.19. The number of rotatable bonds is 5. The molecule has 0 aliphatic rings. The fraction of sp³-hybridized carbons (Fsp3) is 0.125. The van der Waals surface area contributed by atoms with Crippen molar-refractivity contribution in [2.75, 3.05) is 6.61 Å². The van der Waals surface area contributed by atoms with Crippen molar-refractivity contribution in [3.8, 4) is 5.75 Å². The molecule has 0 atom stereocenters. The topological polar surface area (TPSA) is 43.4 Å². The molecule has 0 spiro atoms. The lowest BCUT2D eigenvalue weighted by Gasteiger charge is -2.12. The molecule has 0 fully saturated rings. The van der Waals surface area contributed by atoms with Gasteiger partial charge in [0.15, 0.2) is 12.4 Å². The lowest BCUT2D eigenvalue weighted by molar-refractivity contribution is -0.137. The van der Waals surface area contributed by atoms with E-state index < -0.39 is 40.8 Å². The molecule has 2 aromatic rings. The summed E-state index contributed by atoms with van der Waals surface area (Å²) in [7, 11) is 0. The number of halogens is 6. The average molecular weight is 395 g/mol. The van der Waals surface area contributed by atoms with E-state index in [4.69, 9.17) is 27.9 Å². The van der Waals surface area contributed by atoms with Gasteiger partial charge in [-0.3, -0.25) is 9.59 Å². The van der Waals surface area contributed by atoms with E-state index in [0.29, 0.717) is 12.1 Å². The molecule has 2 aromatic carbocycles. The summed E-state index contributed by atoms with van der Waals surface area (Å²) in [5.74, 6) is -2.30. The maximum absolute atomic E-state index is 13.5. The summed E-state index contributed by atoms with van der Waals surface area (Å²) >= 11 is 10.9. The standard InChI is InChI=1S/C16H8Cl2F4O3/c17-10-1-2-13(25-7-14(18)23)12(6-10)15(24)8-3-9(16(20,21)22)5-11(19)4-8/h1-6H,7H2. The predicted octanol–water partition coefficient (Wildman–Crippen LogP) is 4.87. The molecule has 0 aliphatic heterocycles. The van der Waals surface area contributed by atoms with Gasteiger partial charge in [0.25, 0.3) is 5.24 Å². The highest BCUT2D eigenvalue weighted by molar-refractivity contribution is 6.63. The molecule has 3 nitrogen and oxygen atoms in total. The molecule has 0 aromatic heterocycles. The van der Waals surface area contributed by atoms with Crippen molar-refractivity contribution in [3.63, 3.8) is 0 Å². The Morgan fingerprint density at radius 3 is 2.36 bits per heavy atom. The van der Waals surface area contributed by atoms with Crippen LogP contribution in [-0.4, -0.2) is 17.6 Å². The molecule has 0 heterocycles. The number of alkyl halides is 3. The van der Waals surface area contributed by atoms with E-state index in [1.54, 1.807) is 0 Å². The second-order valence-electron chi connectivity index (χ2n) is 4.84. The average Bonchev–Trinajstić information content (AvgIpc) is 2.51.